The second-order valence-corrected chi connectivity index (χ2v) is 8.67. The molecule has 0 unspecified atom stereocenters. The second kappa shape index (κ2) is 8.40. The van der Waals surface area contributed by atoms with Gasteiger partial charge in [-0.3, -0.25) is 4.79 Å². The molecule has 1 N–H and O–H groups in total. The zero-order valence-corrected chi connectivity index (χ0v) is 16.6. The lowest BCUT2D eigenvalue weighted by Crippen LogP contribution is -2.40. The number of amides is 1. The van der Waals surface area contributed by atoms with Crippen molar-refractivity contribution in [3.63, 3.8) is 0 Å². The van der Waals surface area contributed by atoms with Crippen LogP contribution >= 0.6 is 0 Å². The summed E-state index contributed by atoms with van der Waals surface area (Å²) in [6.45, 7) is 2.17. The van der Waals surface area contributed by atoms with Gasteiger partial charge in [-0.05, 0) is 42.3 Å². The fourth-order valence-electron chi connectivity index (χ4n) is 3.22. The zero-order valence-electron chi connectivity index (χ0n) is 15.8. The minimum atomic E-state index is -3.49. The summed E-state index contributed by atoms with van der Waals surface area (Å²) < 4.78 is 42.4. The SMILES string of the molecule is O=C(NCCc1ccc(S(=O)(=O)N2CCOCC2)cc1)c1ccc2c(c1)OCO2. The van der Waals surface area contributed by atoms with Crippen LogP contribution < -0.4 is 14.8 Å². The second-order valence-electron chi connectivity index (χ2n) is 6.73. The van der Waals surface area contributed by atoms with Crippen molar-refractivity contribution in [1.82, 2.24) is 9.62 Å². The first-order valence-corrected chi connectivity index (χ1v) is 10.8. The summed E-state index contributed by atoms with van der Waals surface area (Å²) >= 11 is 0. The third-order valence-electron chi connectivity index (χ3n) is 4.87. The molecule has 9 heteroatoms. The van der Waals surface area contributed by atoms with Crippen LogP contribution in [0.1, 0.15) is 15.9 Å². The van der Waals surface area contributed by atoms with Crippen molar-refractivity contribution in [3.8, 4) is 11.5 Å². The van der Waals surface area contributed by atoms with E-state index in [-0.39, 0.29) is 17.6 Å². The molecule has 1 saturated heterocycles. The molecule has 1 amide bonds. The molecule has 0 saturated carbocycles. The molecule has 0 atom stereocenters. The van der Waals surface area contributed by atoms with E-state index in [1.807, 2.05) is 0 Å². The number of fused-ring (bicyclic) bond motifs is 1. The van der Waals surface area contributed by atoms with E-state index < -0.39 is 10.0 Å². The van der Waals surface area contributed by atoms with Crippen molar-refractivity contribution in [2.75, 3.05) is 39.6 Å². The number of carbonyl (C=O) groups is 1. The standard InChI is InChI=1S/C20H22N2O6S/c23-20(16-3-6-18-19(13-16)28-14-27-18)21-8-7-15-1-4-17(5-2-15)29(24,25)22-9-11-26-12-10-22/h1-6,13H,7-12,14H2,(H,21,23). The van der Waals surface area contributed by atoms with Crippen LogP contribution in [0.3, 0.4) is 0 Å². The molecule has 2 aromatic rings. The number of carbonyl (C=O) groups excluding carboxylic acids is 1. The molecule has 0 aliphatic carbocycles. The van der Waals surface area contributed by atoms with Gasteiger partial charge < -0.3 is 19.5 Å². The predicted octanol–water partition coefficient (Wildman–Crippen LogP) is 1.41. The number of nitrogens with one attached hydrogen (secondary N) is 1. The van der Waals surface area contributed by atoms with Crippen LogP contribution in [0.15, 0.2) is 47.4 Å². The average molecular weight is 418 g/mol. The molecule has 8 nitrogen and oxygen atoms in total. The lowest BCUT2D eigenvalue weighted by atomic mass is 10.1. The van der Waals surface area contributed by atoms with E-state index in [0.29, 0.717) is 56.3 Å². The minimum absolute atomic E-state index is 0.164. The fourth-order valence-corrected chi connectivity index (χ4v) is 4.63. The van der Waals surface area contributed by atoms with Gasteiger partial charge in [0.15, 0.2) is 11.5 Å². The molecule has 2 aromatic carbocycles. The van der Waals surface area contributed by atoms with Crippen LogP contribution in [0.25, 0.3) is 0 Å². The zero-order chi connectivity index (χ0) is 20.3. The van der Waals surface area contributed by atoms with Crippen molar-refractivity contribution in [2.45, 2.75) is 11.3 Å². The Morgan fingerprint density at radius 2 is 1.72 bits per heavy atom. The highest BCUT2D eigenvalue weighted by Crippen LogP contribution is 2.32. The fraction of sp³-hybridized carbons (Fsp3) is 0.350. The predicted molar refractivity (Wildman–Crippen MR) is 105 cm³/mol. The Morgan fingerprint density at radius 3 is 2.48 bits per heavy atom. The van der Waals surface area contributed by atoms with Crippen LogP contribution in [0.2, 0.25) is 0 Å². The molecule has 2 aliphatic heterocycles. The van der Waals surface area contributed by atoms with Gasteiger partial charge in [0.2, 0.25) is 16.8 Å². The number of rotatable bonds is 6. The first-order chi connectivity index (χ1) is 14.0. The van der Waals surface area contributed by atoms with Gasteiger partial charge in [-0.2, -0.15) is 4.31 Å². The summed E-state index contributed by atoms with van der Waals surface area (Å²) in [4.78, 5) is 12.6. The van der Waals surface area contributed by atoms with Gasteiger partial charge in [0, 0.05) is 25.2 Å². The van der Waals surface area contributed by atoms with Crippen molar-refractivity contribution in [3.05, 3.63) is 53.6 Å². The highest BCUT2D eigenvalue weighted by molar-refractivity contribution is 7.89. The summed E-state index contributed by atoms with van der Waals surface area (Å²) in [7, 11) is -3.49. The van der Waals surface area contributed by atoms with E-state index >= 15 is 0 Å². The molecule has 2 aliphatic rings. The van der Waals surface area contributed by atoms with Crippen molar-refractivity contribution in [1.29, 1.82) is 0 Å². The van der Waals surface area contributed by atoms with Gasteiger partial charge in [-0.15, -0.1) is 0 Å². The van der Waals surface area contributed by atoms with Crippen LogP contribution in [-0.4, -0.2) is 58.3 Å². The highest BCUT2D eigenvalue weighted by Gasteiger charge is 2.26. The summed E-state index contributed by atoms with van der Waals surface area (Å²) in [6.07, 6.45) is 0.591. The van der Waals surface area contributed by atoms with E-state index in [2.05, 4.69) is 5.32 Å². The Bertz CT molecular complexity index is 985. The van der Waals surface area contributed by atoms with E-state index in [1.54, 1.807) is 42.5 Å². The van der Waals surface area contributed by atoms with Gasteiger partial charge in [0.05, 0.1) is 18.1 Å². The average Bonchev–Trinajstić information content (AvgIpc) is 3.22. The molecular formula is C20H22N2O6S. The maximum atomic E-state index is 12.6. The van der Waals surface area contributed by atoms with Crippen LogP contribution in [-0.2, 0) is 21.2 Å². The molecule has 29 heavy (non-hydrogen) atoms. The Labute approximate surface area is 169 Å². The molecule has 0 bridgehead atoms. The Morgan fingerprint density at radius 1 is 1.00 bits per heavy atom. The van der Waals surface area contributed by atoms with Gasteiger partial charge in [-0.25, -0.2) is 8.42 Å². The number of sulfonamides is 1. The summed E-state index contributed by atoms with van der Waals surface area (Å²) in [5.41, 5.74) is 1.44. The number of ether oxygens (including phenoxy) is 3. The van der Waals surface area contributed by atoms with Crippen LogP contribution in [0, 0.1) is 0 Å². The Kier molecular flexibility index (Phi) is 5.70. The van der Waals surface area contributed by atoms with E-state index in [1.165, 1.54) is 4.31 Å². The van der Waals surface area contributed by atoms with Gasteiger partial charge in [0.1, 0.15) is 0 Å². The first kappa shape index (κ1) is 19.7. The monoisotopic (exact) mass is 418 g/mol. The largest absolute Gasteiger partial charge is 0.454 e. The molecule has 154 valence electrons. The number of nitrogens with zero attached hydrogens (tertiary/aromatic N) is 1. The maximum absolute atomic E-state index is 12.6. The summed E-state index contributed by atoms with van der Waals surface area (Å²) in [6, 6.07) is 11.8. The number of morpholine rings is 1. The van der Waals surface area contributed by atoms with E-state index in [0.717, 1.165) is 5.56 Å². The normalized spacial score (nSPS) is 16.6. The summed E-state index contributed by atoms with van der Waals surface area (Å²) in [5.74, 6) is 0.998. The van der Waals surface area contributed by atoms with Crippen molar-refractivity contribution < 1.29 is 27.4 Å². The molecule has 0 radical (unpaired) electrons. The van der Waals surface area contributed by atoms with Crippen molar-refractivity contribution in [2.24, 2.45) is 0 Å². The third-order valence-corrected chi connectivity index (χ3v) is 6.78. The van der Waals surface area contributed by atoms with Crippen LogP contribution in [0.5, 0.6) is 11.5 Å². The minimum Gasteiger partial charge on any atom is -0.454 e. The van der Waals surface area contributed by atoms with Crippen LogP contribution in [0.4, 0.5) is 0 Å². The Balaban J connectivity index is 1.32. The number of benzene rings is 2. The lowest BCUT2D eigenvalue weighted by molar-refractivity contribution is 0.0730. The molecule has 4 rings (SSSR count). The van der Waals surface area contributed by atoms with Gasteiger partial charge in [-0.1, -0.05) is 12.1 Å². The van der Waals surface area contributed by atoms with E-state index in [4.69, 9.17) is 14.2 Å². The molecule has 0 spiro atoms. The third kappa shape index (κ3) is 4.36. The quantitative estimate of drug-likeness (QED) is 0.762. The topological polar surface area (TPSA) is 94.2 Å². The lowest BCUT2D eigenvalue weighted by Gasteiger charge is -2.26. The Hall–Kier alpha value is -2.62. The maximum Gasteiger partial charge on any atom is 0.251 e. The summed E-state index contributed by atoms with van der Waals surface area (Å²) in [5, 5.41) is 2.86. The smallest absolute Gasteiger partial charge is 0.251 e. The first-order valence-electron chi connectivity index (χ1n) is 9.39. The molecular weight excluding hydrogens is 396 g/mol. The molecule has 1 fully saturated rings. The highest BCUT2D eigenvalue weighted by atomic mass is 32.2. The van der Waals surface area contributed by atoms with Gasteiger partial charge >= 0.3 is 0 Å². The van der Waals surface area contributed by atoms with Gasteiger partial charge in [0.25, 0.3) is 5.91 Å². The van der Waals surface area contributed by atoms with E-state index in [9.17, 15) is 13.2 Å². The molecule has 0 aromatic heterocycles. The number of hydrogen-bond acceptors (Lipinski definition) is 6. The van der Waals surface area contributed by atoms with Crippen molar-refractivity contribution >= 4 is 15.9 Å². The molecule has 2 heterocycles. The number of hydrogen-bond donors (Lipinski definition) is 1.